The first-order valence-corrected chi connectivity index (χ1v) is 8.32. The summed E-state index contributed by atoms with van der Waals surface area (Å²) in [4.78, 5) is 31.5. The van der Waals surface area contributed by atoms with Crippen LogP contribution in [0.2, 0.25) is 0 Å². The third-order valence-corrected chi connectivity index (χ3v) is 3.44. The minimum atomic E-state index is -1.12. The molecular weight excluding hydrogens is 350 g/mol. The van der Waals surface area contributed by atoms with Gasteiger partial charge in [0, 0.05) is 6.42 Å². The minimum absolute atomic E-state index is 0.0261. The number of carboxylic acid groups (broad SMARTS) is 1. The summed E-state index contributed by atoms with van der Waals surface area (Å²) in [6, 6.07) is -0.969. The molecule has 0 heterocycles. The molecule has 24 heavy (non-hydrogen) atoms. The molecule has 0 saturated heterocycles. The number of aliphatic carboxylic acids is 1. The van der Waals surface area contributed by atoms with Gasteiger partial charge in [-0.25, -0.2) is 14.5 Å². The van der Waals surface area contributed by atoms with E-state index >= 15 is 0 Å². The van der Waals surface area contributed by atoms with Gasteiger partial charge >= 0.3 is 5.97 Å². The lowest BCUT2D eigenvalue weighted by Gasteiger charge is -2.19. The Morgan fingerprint density at radius 2 is 1.83 bits per heavy atom. The molecule has 6 N–H and O–H groups in total. The van der Waals surface area contributed by atoms with Crippen LogP contribution in [0.15, 0.2) is 0 Å². The zero-order chi connectivity index (χ0) is 18.5. The number of hydrogen-bond donors (Lipinski definition) is 6. The first-order valence-electron chi connectivity index (χ1n) is 6.92. The average Bonchev–Trinajstić information content (AvgIpc) is 2.47. The molecule has 0 rings (SSSR count). The third kappa shape index (κ3) is 12.4. The summed E-state index contributed by atoms with van der Waals surface area (Å²) in [5.41, 5.74) is 0. The topological polar surface area (TPSA) is 172 Å². The SMILES string of the molecule is CSCCC(NC(=O)CCCC(CON(O)O)ON(O)O)C(=O)O. The zero-order valence-corrected chi connectivity index (χ0v) is 13.9. The van der Waals surface area contributed by atoms with Crippen molar-refractivity contribution in [3.8, 4) is 0 Å². The minimum Gasteiger partial charge on any atom is -0.480 e. The molecule has 2 atom stereocenters. The van der Waals surface area contributed by atoms with Crippen LogP contribution in [0.5, 0.6) is 0 Å². The van der Waals surface area contributed by atoms with E-state index in [1.807, 2.05) is 6.26 Å². The van der Waals surface area contributed by atoms with E-state index in [0.717, 1.165) is 0 Å². The van der Waals surface area contributed by atoms with Crippen molar-refractivity contribution in [2.45, 2.75) is 37.8 Å². The van der Waals surface area contributed by atoms with E-state index in [0.29, 0.717) is 12.2 Å². The lowest BCUT2D eigenvalue weighted by molar-refractivity contribution is -0.527. The van der Waals surface area contributed by atoms with Gasteiger partial charge in [0.1, 0.15) is 18.8 Å². The molecule has 0 aromatic heterocycles. The maximum absolute atomic E-state index is 11.7. The van der Waals surface area contributed by atoms with Crippen molar-refractivity contribution in [1.29, 1.82) is 0 Å². The van der Waals surface area contributed by atoms with Crippen LogP contribution in [0, 0.1) is 0 Å². The molecular formula is C11H23N3O9S. The number of amides is 1. The highest BCUT2D eigenvalue weighted by molar-refractivity contribution is 7.98. The van der Waals surface area contributed by atoms with Crippen molar-refractivity contribution < 1.29 is 45.2 Å². The molecule has 0 aromatic rings. The van der Waals surface area contributed by atoms with E-state index in [-0.39, 0.29) is 19.3 Å². The largest absolute Gasteiger partial charge is 0.480 e. The summed E-state index contributed by atoms with van der Waals surface area (Å²) in [7, 11) is 0. The van der Waals surface area contributed by atoms with Crippen molar-refractivity contribution in [3.05, 3.63) is 0 Å². The van der Waals surface area contributed by atoms with Gasteiger partial charge in [-0.05, 0) is 31.3 Å². The number of carbonyl (C=O) groups excluding carboxylic acids is 1. The van der Waals surface area contributed by atoms with Crippen molar-refractivity contribution in [1.82, 2.24) is 16.1 Å². The Morgan fingerprint density at radius 1 is 1.17 bits per heavy atom. The van der Waals surface area contributed by atoms with E-state index in [2.05, 4.69) is 15.0 Å². The lowest BCUT2D eigenvalue weighted by Crippen LogP contribution is -2.41. The van der Waals surface area contributed by atoms with Gasteiger partial charge in [0.15, 0.2) is 0 Å². The second-order valence-corrected chi connectivity index (χ2v) is 5.65. The molecule has 1 amide bonds. The van der Waals surface area contributed by atoms with Crippen LogP contribution < -0.4 is 5.32 Å². The molecule has 0 radical (unpaired) electrons. The smallest absolute Gasteiger partial charge is 0.326 e. The normalized spacial score (nSPS) is 14.0. The summed E-state index contributed by atoms with van der Waals surface area (Å²) >= 11 is 1.47. The van der Waals surface area contributed by atoms with E-state index in [4.69, 9.17) is 25.9 Å². The van der Waals surface area contributed by atoms with Gasteiger partial charge in [0.25, 0.3) is 0 Å². The number of rotatable bonds is 14. The zero-order valence-electron chi connectivity index (χ0n) is 13.1. The van der Waals surface area contributed by atoms with Gasteiger partial charge in [-0.2, -0.15) is 11.8 Å². The molecule has 0 fully saturated rings. The van der Waals surface area contributed by atoms with E-state index in [1.54, 1.807) is 0 Å². The Morgan fingerprint density at radius 3 is 2.33 bits per heavy atom. The van der Waals surface area contributed by atoms with Crippen LogP contribution in [-0.4, -0.2) is 79.4 Å². The number of nitrogens with one attached hydrogen (secondary N) is 1. The van der Waals surface area contributed by atoms with Crippen LogP contribution in [0.4, 0.5) is 0 Å². The van der Waals surface area contributed by atoms with Crippen LogP contribution >= 0.6 is 11.8 Å². The maximum atomic E-state index is 11.7. The summed E-state index contributed by atoms with van der Waals surface area (Å²) < 4.78 is 0. The second kappa shape index (κ2) is 13.3. The van der Waals surface area contributed by atoms with Crippen LogP contribution in [0.3, 0.4) is 0 Å². The Hall–Kier alpha value is -1.03. The fourth-order valence-electron chi connectivity index (χ4n) is 1.70. The standard InChI is InChI=1S/C11H23N3O9S/c1-24-6-5-9(11(16)17)12-10(15)4-2-3-8(23-14(20)21)7-22-13(18)19/h8-9,18-21H,2-7H2,1H3,(H,12,15)(H,16,17). The highest BCUT2D eigenvalue weighted by Crippen LogP contribution is 2.08. The van der Waals surface area contributed by atoms with Gasteiger partial charge in [0.05, 0.1) is 10.8 Å². The molecule has 0 spiro atoms. The third-order valence-electron chi connectivity index (χ3n) is 2.79. The average molecular weight is 373 g/mol. The number of thioether (sulfide) groups is 1. The molecule has 142 valence electrons. The molecule has 12 nitrogen and oxygen atoms in total. The van der Waals surface area contributed by atoms with Crippen molar-refractivity contribution in [2.75, 3.05) is 18.6 Å². The fourth-order valence-corrected chi connectivity index (χ4v) is 2.17. The summed E-state index contributed by atoms with van der Waals surface area (Å²) in [5.74, 6) is -1.00. The van der Waals surface area contributed by atoms with Crippen molar-refractivity contribution in [3.63, 3.8) is 0 Å². The molecule has 0 aliphatic rings. The summed E-state index contributed by atoms with van der Waals surface area (Å²) in [6.07, 6.45) is 1.42. The van der Waals surface area contributed by atoms with Crippen molar-refractivity contribution in [2.24, 2.45) is 0 Å². The Balaban J connectivity index is 4.22. The van der Waals surface area contributed by atoms with Gasteiger partial charge in [-0.15, -0.1) is 0 Å². The highest BCUT2D eigenvalue weighted by Gasteiger charge is 2.20. The maximum Gasteiger partial charge on any atom is 0.326 e. The van der Waals surface area contributed by atoms with E-state index < -0.39 is 41.4 Å². The number of hydrogen-bond acceptors (Lipinski definition) is 11. The fraction of sp³-hybridized carbons (Fsp3) is 0.818. The Labute approximate surface area is 142 Å². The predicted molar refractivity (Wildman–Crippen MR) is 78.1 cm³/mol. The number of carboxylic acids is 1. The monoisotopic (exact) mass is 373 g/mol. The van der Waals surface area contributed by atoms with Gasteiger partial charge in [0.2, 0.25) is 5.91 Å². The highest BCUT2D eigenvalue weighted by atomic mass is 32.2. The van der Waals surface area contributed by atoms with Crippen molar-refractivity contribution >= 4 is 23.6 Å². The van der Waals surface area contributed by atoms with Gasteiger partial charge in [-0.1, -0.05) is 0 Å². The summed E-state index contributed by atoms with van der Waals surface area (Å²) in [6.45, 7) is -0.433. The Kier molecular flexibility index (Phi) is 12.7. The van der Waals surface area contributed by atoms with Crippen LogP contribution in [0.1, 0.15) is 25.7 Å². The van der Waals surface area contributed by atoms with Gasteiger partial charge in [-0.3, -0.25) is 25.6 Å². The second-order valence-electron chi connectivity index (χ2n) is 4.66. The van der Waals surface area contributed by atoms with E-state index in [1.165, 1.54) is 11.8 Å². The Bertz CT molecular complexity index is 373. The lowest BCUT2D eigenvalue weighted by atomic mass is 10.1. The van der Waals surface area contributed by atoms with E-state index in [9.17, 15) is 9.59 Å². The molecule has 0 bridgehead atoms. The first kappa shape index (κ1) is 23.0. The molecule has 0 aliphatic heterocycles. The van der Waals surface area contributed by atoms with Crippen LogP contribution in [-0.2, 0) is 19.3 Å². The molecule has 13 heteroatoms. The quantitative estimate of drug-likeness (QED) is 0.223. The first-order chi connectivity index (χ1) is 11.3. The molecule has 0 saturated carbocycles. The van der Waals surface area contributed by atoms with Crippen LogP contribution in [0.25, 0.3) is 0 Å². The summed E-state index contributed by atoms with van der Waals surface area (Å²) in [5, 5.41) is 44.3. The van der Waals surface area contributed by atoms with Gasteiger partial charge < -0.3 is 10.4 Å². The molecule has 0 aromatic carbocycles. The number of nitrogens with zero attached hydrogens (tertiary/aromatic N) is 2. The predicted octanol–water partition coefficient (Wildman–Crippen LogP) is -0.128. The molecule has 0 aliphatic carbocycles. The molecule has 2 unspecified atom stereocenters. The number of carbonyl (C=O) groups is 2.